The Hall–Kier alpha value is -1.27. The summed E-state index contributed by atoms with van der Waals surface area (Å²) in [6.07, 6.45) is -3.37. The van der Waals surface area contributed by atoms with Gasteiger partial charge in [-0.25, -0.2) is 0 Å². The zero-order chi connectivity index (χ0) is 17.7. The zero-order valence-electron chi connectivity index (χ0n) is 14.5. The Morgan fingerprint density at radius 2 is 1.83 bits per heavy atom. The van der Waals surface area contributed by atoms with E-state index in [1.54, 1.807) is 13.1 Å². The van der Waals surface area contributed by atoms with Crippen LogP contribution >= 0.6 is 12.4 Å². The molecule has 138 valence electrons. The summed E-state index contributed by atoms with van der Waals surface area (Å²) in [6.45, 7) is 6.40. The molecule has 1 rings (SSSR count). The molecule has 1 amide bonds. The molecule has 0 saturated heterocycles. The van der Waals surface area contributed by atoms with Crippen molar-refractivity contribution in [2.24, 2.45) is 5.41 Å². The molecule has 0 heterocycles. The molecule has 0 saturated carbocycles. The van der Waals surface area contributed by atoms with E-state index in [0.717, 1.165) is 18.7 Å². The Balaban J connectivity index is 0.00000529. The molecule has 0 spiro atoms. The average molecular weight is 367 g/mol. The molecule has 24 heavy (non-hydrogen) atoms. The minimum absolute atomic E-state index is 0. The van der Waals surface area contributed by atoms with Gasteiger partial charge in [-0.05, 0) is 43.1 Å². The quantitative estimate of drug-likeness (QED) is 0.736. The molecule has 0 fully saturated rings. The fourth-order valence-corrected chi connectivity index (χ4v) is 2.35. The lowest BCUT2D eigenvalue weighted by Crippen LogP contribution is -2.37. The smallest absolute Gasteiger partial charge is 0.349 e. The number of benzene rings is 1. The molecule has 2 N–H and O–H groups in total. The number of carbonyl (C=O) groups excluding carboxylic acids is 1. The minimum atomic E-state index is -4.39. The number of halogens is 4. The third-order valence-corrected chi connectivity index (χ3v) is 3.55. The number of hydrogen-bond acceptors (Lipinski definition) is 2. The summed E-state index contributed by atoms with van der Waals surface area (Å²) in [6, 6.07) is 4.68. The fourth-order valence-electron chi connectivity index (χ4n) is 2.35. The average Bonchev–Trinajstić information content (AvgIpc) is 2.43. The molecule has 0 bridgehead atoms. The maximum absolute atomic E-state index is 12.9. The van der Waals surface area contributed by atoms with Crippen LogP contribution in [0.2, 0.25) is 0 Å². The van der Waals surface area contributed by atoms with Crippen molar-refractivity contribution in [3.05, 3.63) is 35.4 Å². The number of alkyl halides is 3. The Labute approximate surface area is 147 Å². The van der Waals surface area contributed by atoms with Gasteiger partial charge in [0, 0.05) is 6.42 Å². The van der Waals surface area contributed by atoms with Crippen molar-refractivity contribution in [3.8, 4) is 0 Å². The Morgan fingerprint density at radius 1 is 1.21 bits per heavy atom. The lowest BCUT2D eigenvalue weighted by Gasteiger charge is -2.32. The van der Waals surface area contributed by atoms with Gasteiger partial charge in [-0.2, -0.15) is 13.2 Å². The predicted molar refractivity (Wildman–Crippen MR) is 92.2 cm³/mol. The molecule has 3 nitrogen and oxygen atoms in total. The van der Waals surface area contributed by atoms with Crippen LogP contribution in [0.3, 0.4) is 0 Å². The van der Waals surface area contributed by atoms with Crippen molar-refractivity contribution in [3.63, 3.8) is 0 Å². The van der Waals surface area contributed by atoms with E-state index in [1.165, 1.54) is 6.07 Å². The van der Waals surface area contributed by atoms with Gasteiger partial charge in [-0.15, -0.1) is 12.4 Å². The van der Waals surface area contributed by atoms with Gasteiger partial charge in [0.05, 0.1) is 11.6 Å². The van der Waals surface area contributed by atoms with Crippen LogP contribution in [0.4, 0.5) is 13.2 Å². The minimum Gasteiger partial charge on any atom is -0.349 e. The van der Waals surface area contributed by atoms with Gasteiger partial charge in [0.25, 0.3) is 0 Å². The fraction of sp³-hybridized carbons (Fsp3) is 0.588. The zero-order valence-corrected chi connectivity index (χ0v) is 15.3. The highest BCUT2D eigenvalue weighted by Gasteiger charge is 2.33. The summed E-state index contributed by atoms with van der Waals surface area (Å²) in [7, 11) is 1.80. The van der Waals surface area contributed by atoms with E-state index >= 15 is 0 Å². The van der Waals surface area contributed by atoms with Crippen LogP contribution < -0.4 is 10.6 Å². The Bertz CT molecular complexity index is 527. The summed E-state index contributed by atoms with van der Waals surface area (Å²) >= 11 is 0. The Kier molecular flexibility index (Phi) is 8.78. The molecule has 0 aromatic heterocycles. The van der Waals surface area contributed by atoms with Crippen LogP contribution in [0.5, 0.6) is 0 Å². The second-order valence-electron chi connectivity index (χ2n) is 6.70. The first-order chi connectivity index (χ1) is 10.6. The molecule has 1 aromatic rings. The highest BCUT2D eigenvalue weighted by molar-refractivity contribution is 5.85. The maximum atomic E-state index is 12.9. The normalized spacial score (nSPS) is 13.1. The van der Waals surface area contributed by atoms with Gasteiger partial charge in [-0.1, -0.05) is 32.9 Å². The van der Waals surface area contributed by atoms with E-state index in [-0.39, 0.29) is 18.3 Å². The predicted octanol–water partition coefficient (Wildman–Crippen LogP) is 4.33. The standard InChI is InChI=1S/C17H25F3N2O.ClH/c1-16(2,3)15(22-14(23)9-6-10-21-4)12-7-5-8-13(11-12)17(18,19)20;/h5,7-8,11,15,21H,6,9-10H2,1-4H3,(H,22,23);1H. The molecular weight excluding hydrogens is 341 g/mol. The summed E-state index contributed by atoms with van der Waals surface area (Å²) in [5.74, 6) is -0.155. The highest BCUT2D eigenvalue weighted by Crippen LogP contribution is 2.36. The van der Waals surface area contributed by atoms with Crippen molar-refractivity contribution in [2.45, 2.75) is 45.8 Å². The second-order valence-corrected chi connectivity index (χ2v) is 6.70. The van der Waals surface area contributed by atoms with E-state index in [0.29, 0.717) is 18.4 Å². The second kappa shape index (κ2) is 9.28. The molecule has 0 aliphatic heterocycles. The third kappa shape index (κ3) is 7.09. The summed E-state index contributed by atoms with van der Waals surface area (Å²) in [4.78, 5) is 12.1. The van der Waals surface area contributed by atoms with Crippen molar-refractivity contribution in [2.75, 3.05) is 13.6 Å². The van der Waals surface area contributed by atoms with E-state index in [9.17, 15) is 18.0 Å². The number of amides is 1. The van der Waals surface area contributed by atoms with Crippen LogP contribution in [0.15, 0.2) is 24.3 Å². The van der Waals surface area contributed by atoms with Crippen LogP contribution in [0.25, 0.3) is 0 Å². The topological polar surface area (TPSA) is 41.1 Å². The van der Waals surface area contributed by atoms with Crippen molar-refractivity contribution in [1.82, 2.24) is 10.6 Å². The number of carbonyl (C=O) groups is 1. The molecule has 7 heteroatoms. The molecule has 1 unspecified atom stereocenters. The van der Waals surface area contributed by atoms with Gasteiger partial charge in [0.2, 0.25) is 5.91 Å². The van der Waals surface area contributed by atoms with Gasteiger partial charge < -0.3 is 10.6 Å². The van der Waals surface area contributed by atoms with E-state index in [4.69, 9.17) is 0 Å². The van der Waals surface area contributed by atoms with Crippen molar-refractivity contribution in [1.29, 1.82) is 0 Å². The van der Waals surface area contributed by atoms with E-state index < -0.39 is 23.2 Å². The lowest BCUT2D eigenvalue weighted by molar-refractivity contribution is -0.137. The van der Waals surface area contributed by atoms with Crippen molar-refractivity contribution >= 4 is 18.3 Å². The largest absolute Gasteiger partial charge is 0.416 e. The molecule has 0 aliphatic rings. The number of nitrogens with one attached hydrogen (secondary N) is 2. The maximum Gasteiger partial charge on any atom is 0.416 e. The molecule has 0 aliphatic carbocycles. The van der Waals surface area contributed by atoms with Crippen LogP contribution in [0, 0.1) is 5.41 Å². The Morgan fingerprint density at radius 3 is 2.33 bits per heavy atom. The third-order valence-electron chi connectivity index (χ3n) is 3.55. The van der Waals surface area contributed by atoms with E-state index in [1.807, 2.05) is 20.8 Å². The summed E-state index contributed by atoms with van der Waals surface area (Å²) < 4.78 is 38.7. The van der Waals surface area contributed by atoms with Gasteiger partial charge in [-0.3, -0.25) is 4.79 Å². The van der Waals surface area contributed by atoms with Crippen LogP contribution in [-0.2, 0) is 11.0 Å². The van der Waals surface area contributed by atoms with Crippen molar-refractivity contribution < 1.29 is 18.0 Å². The van der Waals surface area contributed by atoms with Gasteiger partial charge in [0.15, 0.2) is 0 Å². The monoisotopic (exact) mass is 366 g/mol. The highest BCUT2D eigenvalue weighted by atomic mass is 35.5. The molecular formula is C17H26ClF3N2O. The van der Waals surface area contributed by atoms with Crippen LogP contribution in [0.1, 0.15) is 50.8 Å². The lowest BCUT2D eigenvalue weighted by atomic mass is 9.81. The first-order valence-electron chi connectivity index (χ1n) is 7.67. The SMILES string of the molecule is CNCCCC(=O)NC(c1cccc(C(F)(F)F)c1)C(C)(C)C.Cl. The summed E-state index contributed by atoms with van der Waals surface area (Å²) in [5.41, 5.74) is -0.633. The molecule has 1 aromatic carbocycles. The first-order valence-corrected chi connectivity index (χ1v) is 7.67. The summed E-state index contributed by atoms with van der Waals surface area (Å²) in [5, 5.41) is 5.83. The molecule has 0 radical (unpaired) electrons. The molecule has 1 atom stereocenters. The van der Waals surface area contributed by atoms with E-state index in [2.05, 4.69) is 10.6 Å². The van der Waals surface area contributed by atoms with Gasteiger partial charge >= 0.3 is 6.18 Å². The van der Waals surface area contributed by atoms with Gasteiger partial charge in [0.1, 0.15) is 0 Å². The number of rotatable bonds is 6. The number of hydrogen-bond donors (Lipinski definition) is 2. The van der Waals surface area contributed by atoms with Crippen LogP contribution in [-0.4, -0.2) is 19.5 Å². The first kappa shape index (κ1) is 22.7.